The highest BCUT2D eigenvalue weighted by Gasteiger charge is 2.29. The summed E-state index contributed by atoms with van der Waals surface area (Å²) in [6.07, 6.45) is 3.34. The molecule has 1 aliphatic carbocycles. The van der Waals surface area contributed by atoms with Crippen LogP contribution in [0.3, 0.4) is 0 Å². The second-order valence-electron chi connectivity index (χ2n) is 6.84. The highest BCUT2D eigenvalue weighted by Crippen LogP contribution is 2.46. The molecule has 1 heterocycles. The summed E-state index contributed by atoms with van der Waals surface area (Å²) in [5.41, 5.74) is 5.38. The Morgan fingerprint density at radius 3 is 2.62 bits per heavy atom. The normalized spacial score (nSPS) is 13.6. The van der Waals surface area contributed by atoms with E-state index in [2.05, 4.69) is 31.2 Å². The van der Waals surface area contributed by atoms with Gasteiger partial charge in [-0.05, 0) is 49.4 Å². The van der Waals surface area contributed by atoms with Gasteiger partial charge in [-0.2, -0.15) is 0 Å². The van der Waals surface area contributed by atoms with E-state index >= 15 is 0 Å². The third kappa shape index (κ3) is 3.56. The summed E-state index contributed by atoms with van der Waals surface area (Å²) in [4.78, 5) is 18.0. The van der Waals surface area contributed by atoms with Gasteiger partial charge >= 0.3 is 5.97 Å². The molecule has 0 amide bonds. The van der Waals surface area contributed by atoms with Gasteiger partial charge in [0, 0.05) is 16.9 Å². The standard InChI is InChI=1S/C22H21NO2S/c1-14-4-3-5-18(12-14)21-23-19(20(26-21)16-10-11-16)13-15-6-8-17(9-7-15)22(24)25-2/h3-9,12,16H,10-11,13H2,1-2H3. The van der Waals surface area contributed by atoms with Crippen molar-refractivity contribution < 1.29 is 9.53 Å². The van der Waals surface area contributed by atoms with Crippen molar-refractivity contribution in [2.24, 2.45) is 0 Å². The van der Waals surface area contributed by atoms with Gasteiger partial charge in [0.15, 0.2) is 0 Å². The Labute approximate surface area is 157 Å². The van der Waals surface area contributed by atoms with E-state index in [1.54, 1.807) is 0 Å². The maximum atomic E-state index is 11.6. The Balaban J connectivity index is 1.62. The average molecular weight is 363 g/mol. The van der Waals surface area contributed by atoms with Crippen LogP contribution in [0.2, 0.25) is 0 Å². The van der Waals surface area contributed by atoms with Crippen LogP contribution in [0.1, 0.15) is 50.8 Å². The lowest BCUT2D eigenvalue weighted by Crippen LogP contribution is -2.01. The van der Waals surface area contributed by atoms with E-state index < -0.39 is 0 Å². The minimum Gasteiger partial charge on any atom is -0.465 e. The van der Waals surface area contributed by atoms with Crippen LogP contribution in [0.25, 0.3) is 10.6 Å². The zero-order valence-electron chi connectivity index (χ0n) is 15.0. The summed E-state index contributed by atoms with van der Waals surface area (Å²) in [5, 5.41) is 1.11. The van der Waals surface area contributed by atoms with Crippen LogP contribution in [0.4, 0.5) is 0 Å². The topological polar surface area (TPSA) is 39.2 Å². The number of hydrogen-bond donors (Lipinski definition) is 0. The highest BCUT2D eigenvalue weighted by molar-refractivity contribution is 7.15. The van der Waals surface area contributed by atoms with Gasteiger partial charge in [0.05, 0.1) is 18.4 Å². The molecule has 3 aromatic rings. The van der Waals surface area contributed by atoms with Gasteiger partial charge in [0.1, 0.15) is 5.01 Å². The number of nitrogens with zero attached hydrogens (tertiary/aromatic N) is 1. The lowest BCUT2D eigenvalue weighted by atomic mass is 10.1. The molecule has 0 radical (unpaired) electrons. The number of thiazole rings is 1. The number of ether oxygens (including phenoxy) is 1. The number of carbonyl (C=O) groups is 1. The number of rotatable bonds is 5. The second-order valence-corrected chi connectivity index (χ2v) is 7.87. The van der Waals surface area contributed by atoms with E-state index in [-0.39, 0.29) is 5.97 Å². The molecule has 0 unspecified atom stereocenters. The van der Waals surface area contributed by atoms with E-state index in [0.717, 1.165) is 11.4 Å². The lowest BCUT2D eigenvalue weighted by Gasteiger charge is -2.03. The van der Waals surface area contributed by atoms with Crippen LogP contribution >= 0.6 is 11.3 Å². The molecule has 26 heavy (non-hydrogen) atoms. The van der Waals surface area contributed by atoms with Crippen LogP contribution in [0, 0.1) is 6.92 Å². The molecule has 4 rings (SSSR count). The zero-order valence-corrected chi connectivity index (χ0v) is 15.8. The lowest BCUT2D eigenvalue weighted by molar-refractivity contribution is 0.0600. The van der Waals surface area contributed by atoms with Crippen molar-refractivity contribution in [3.05, 3.63) is 75.8 Å². The highest BCUT2D eigenvalue weighted by atomic mass is 32.1. The largest absolute Gasteiger partial charge is 0.465 e. The number of aryl methyl sites for hydroxylation is 1. The minimum atomic E-state index is -0.300. The van der Waals surface area contributed by atoms with Crippen molar-refractivity contribution in [2.75, 3.05) is 7.11 Å². The van der Waals surface area contributed by atoms with Crippen molar-refractivity contribution in [3.63, 3.8) is 0 Å². The molecular formula is C22H21NO2S. The predicted molar refractivity (Wildman–Crippen MR) is 105 cm³/mol. The van der Waals surface area contributed by atoms with Crippen LogP contribution in [0.15, 0.2) is 48.5 Å². The predicted octanol–water partition coefficient (Wildman–Crippen LogP) is 5.37. The molecule has 1 aliphatic rings. The van der Waals surface area contributed by atoms with Crippen LogP contribution < -0.4 is 0 Å². The van der Waals surface area contributed by atoms with Gasteiger partial charge in [0.2, 0.25) is 0 Å². The van der Waals surface area contributed by atoms with Crippen LogP contribution in [-0.4, -0.2) is 18.1 Å². The molecule has 0 aliphatic heterocycles. The van der Waals surface area contributed by atoms with Crippen molar-refractivity contribution in [1.82, 2.24) is 4.98 Å². The first kappa shape index (κ1) is 17.0. The average Bonchev–Trinajstić information content (AvgIpc) is 3.42. The summed E-state index contributed by atoms with van der Waals surface area (Å²) in [5.74, 6) is 0.376. The van der Waals surface area contributed by atoms with Crippen molar-refractivity contribution in [2.45, 2.75) is 32.1 Å². The molecule has 0 saturated heterocycles. The molecule has 132 valence electrons. The Morgan fingerprint density at radius 2 is 1.96 bits per heavy atom. The third-order valence-electron chi connectivity index (χ3n) is 4.69. The Kier molecular flexibility index (Phi) is 4.60. The first-order chi connectivity index (χ1) is 12.6. The number of esters is 1. The number of methoxy groups -OCH3 is 1. The van der Waals surface area contributed by atoms with Crippen LogP contribution in [0.5, 0.6) is 0 Å². The quantitative estimate of drug-likeness (QED) is 0.572. The fourth-order valence-electron chi connectivity index (χ4n) is 3.13. The fraction of sp³-hybridized carbons (Fsp3) is 0.273. The van der Waals surface area contributed by atoms with E-state index in [4.69, 9.17) is 9.72 Å². The van der Waals surface area contributed by atoms with E-state index in [9.17, 15) is 4.79 Å². The molecule has 0 N–H and O–H groups in total. The zero-order chi connectivity index (χ0) is 18.1. The fourth-order valence-corrected chi connectivity index (χ4v) is 4.37. The molecule has 0 spiro atoms. The minimum absolute atomic E-state index is 0.300. The van der Waals surface area contributed by atoms with E-state index in [0.29, 0.717) is 11.5 Å². The Hall–Kier alpha value is -2.46. The number of aromatic nitrogens is 1. The van der Waals surface area contributed by atoms with Gasteiger partial charge in [0.25, 0.3) is 0 Å². The Bertz CT molecular complexity index is 939. The molecule has 1 aromatic heterocycles. The number of carbonyl (C=O) groups excluding carboxylic acids is 1. The second kappa shape index (κ2) is 7.04. The van der Waals surface area contributed by atoms with E-state index in [1.807, 2.05) is 35.6 Å². The molecular weight excluding hydrogens is 342 g/mol. The molecule has 3 nitrogen and oxygen atoms in total. The molecule has 0 bridgehead atoms. The van der Waals surface area contributed by atoms with Crippen molar-refractivity contribution in [3.8, 4) is 10.6 Å². The number of hydrogen-bond acceptors (Lipinski definition) is 4. The van der Waals surface area contributed by atoms with Gasteiger partial charge in [-0.1, -0.05) is 35.9 Å². The van der Waals surface area contributed by atoms with Gasteiger partial charge in [-0.15, -0.1) is 11.3 Å². The maximum Gasteiger partial charge on any atom is 0.337 e. The summed E-state index contributed by atoms with van der Waals surface area (Å²) in [6.45, 7) is 2.11. The summed E-state index contributed by atoms with van der Waals surface area (Å²) < 4.78 is 4.77. The summed E-state index contributed by atoms with van der Waals surface area (Å²) >= 11 is 1.84. The third-order valence-corrected chi connectivity index (χ3v) is 6.00. The van der Waals surface area contributed by atoms with Gasteiger partial charge in [-0.3, -0.25) is 0 Å². The monoisotopic (exact) mass is 363 g/mol. The first-order valence-electron chi connectivity index (χ1n) is 8.88. The summed E-state index contributed by atoms with van der Waals surface area (Å²) in [6, 6.07) is 16.2. The Morgan fingerprint density at radius 1 is 1.19 bits per heavy atom. The maximum absolute atomic E-state index is 11.6. The first-order valence-corrected chi connectivity index (χ1v) is 9.69. The van der Waals surface area contributed by atoms with E-state index in [1.165, 1.54) is 47.2 Å². The van der Waals surface area contributed by atoms with Gasteiger partial charge in [-0.25, -0.2) is 9.78 Å². The van der Waals surface area contributed by atoms with Gasteiger partial charge < -0.3 is 4.74 Å². The van der Waals surface area contributed by atoms with Crippen molar-refractivity contribution in [1.29, 1.82) is 0 Å². The SMILES string of the molecule is COC(=O)c1ccc(Cc2nc(-c3cccc(C)c3)sc2C2CC2)cc1. The van der Waals surface area contributed by atoms with Crippen LogP contribution in [-0.2, 0) is 11.2 Å². The molecule has 4 heteroatoms. The van der Waals surface area contributed by atoms with Crippen molar-refractivity contribution >= 4 is 17.3 Å². The number of benzene rings is 2. The molecule has 0 atom stereocenters. The summed E-state index contributed by atoms with van der Waals surface area (Å²) in [7, 11) is 1.40. The molecule has 1 saturated carbocycles. The molecule has 1 fully saturated rings. The molecule has 2 aromatic carbocycles. The smallest absolute Gasteiger partial charge is 0.337 e.